The van der Waals surface area contributed by atoms with E-state index < -0.39 is 5.60 Å². The van der Waals surface area contributed by atoms with Crippen molar-refractivity contribution in [3.8, 4) is 23.0 Å². The number of aliphatic hydroxyl groups is 1. The van der Waals surface area contributed by atoms with Crippen LogP contribution in [0.15, 0.2) is 78.9 Å². The average Bonchev–Trinajstić information content (AvgIpc) is 3.26. The molecule has 0 amide bonds. The van der Waals surface area contributed by atoms with Crippen LogP contribution in [-0.4, -0.2) is 54.4 Å². The van der Waals surface area contributed by atoms with Crippen molar-refractivity contribution >= 4 is 34.4 Å². The van der Waals surface area contributed by atoms with E-state index in [-0.39, 0.29) is 69.2 Å². The van der Waals surface area contributed by atoms with E-state index in [1.54, 1.807) is 19.9 Å². The molecule has 0 unspecified atom stereocenters. The summed E-state index contributed by atoms with van der Waals surface area (Å²) in [7, 11) is 0. The Kier molecular flexibility index (Phi) is 33.7. The Hall–Kier alpha value is -3.30. The van der Waals surface area contributed by atoms with Crippen molar-refractivity contribution in [3.05, 3.63) is 130 Å². The molecule has 8 heteroatoms. The smallest absolute Gasteiger partial charge is 1.00 e. The third-order valence-corrected chi connectivity index (χ3v) is 11.6. The second-order valence-electron chi connectivity index (χ2n) is 16.8. The largest absolute Gasteiger partial charge is 2.00 e. The summed E-state index contributed by atoms with van der Waals surface area (Å²) in [6.45, 7) is 35.6. The fourth-order valence-corrected chi connectivity index (χ4v) is 7.42. The SMILES string of the molecule is C/C=C(\CC)c1cccc(C(C)C)c1O.CCC(=O)c1cccc(C(C)C)c1O.CCC(CC)c1cccc(C(C)C)c1O.CCC(O)(CC)c1cccc(C(C)C)c1O.[Br-].[CH2-]C.[Mg+2]. The van der Waals surface area contributed by atoms with Crippen LogP contribution >= 0.6 is 0 Å². The Labute approximate surface area is 417 Å². The van der Waals surface area contributed by atoms with Gasteiger partial charge in [0, 0.05) is 17.5 Å². The van der Waals surface area contributed by atoms with Crippen molar-refractivity contribution in [3.63, 3.8) is 0 Å². The molecule has 0 saturated carbocycles. The van der Waals surface area contributed by atoms with Crippen molar-refractivity contribution in [1.82, 2.24) is 0 Å². The number of Topliss-reactive ketones (excluding diaryl/α,β-unsaturated/α-hetero) is 1. The van der Waals surface area contributed by atoms with E-state index in [9.17, 15) is 30.3 Å². The maximum Gasteiger partial charge on any atom is 2.00 e. The Morgan fingerprint density at radius 1 is 0.547 bits per heavy atom. The van der Waals surface area contributed by atoms with Crippen LogP contribution in [0.5, 0.6) is 23.0 Å². The van der Waals surface area contributed by atoms with E-state index in [2.05, 4.69) is 73.6 Å². The van der Waals surface area contributed by atoms with Crippen LogP contribution in [0, 0.1) is 6.92 Å². The van der Waals surface area contributed by atoms with Crippen LogP contribution in [0.1, 0.15) is 228 Å². The number of allylic oxidation sites excluding steroid dienone is 2. The second-order valence-corrected chi connectivity index (χ2v) is 16.8. The van der Waals surface area contributed by atoms with Crippen LogP contribution in [0.4, 0.5) is 0 Å². The number of phenolic OH excluding ortho intramolecular Hbond substituents is 4. The number of aromatic hydroxyl groups is 4. The van der Waals surface area contributed by atoms with Crippen molar-refractivity contribution < 1.29 is 47.3 Å². The number of hydrogen-bond donors (Lipinski definition) is 5. The van der Waals surface area contributed by atoms with Crippen molar-refractivity contribution in [2.24, 2.45) is 0 Å². The first kappa shape index (κ1) is 65.0. The predicted molar refractivity (Wildman–Crippen MR) is 272 cm³/mol. The van der Waals surface area contributed by atoms with Gasteiger partial charge in [-0.3, -0.25) is 4.79 Å². The monoisotopic (exact) mass is 957 g/mol. The number of ketones is 1. The van der Waals surface area contributed by atoms with Gasteiger partial charge in [0.1, 0.15) is 23.0 Å². The molecule has 6 nitrogen and oxygen atoms in total. The van der Waals surface area contributed by atoms with E-state index in [1.807, 2.05) is 103 Å². The topological polar surface area (TPSA) is 118 Å². The fourth-order valence-electron chi connectivity index (χ4n) is 7.42. The number of rotatable bonds is 14. The molecule has 64 heavy (non-hydrogen) atoms. The molecule has 5 N–H and O–H groups in total. The molecule has 0 fully saturated rings. The molecular weight excluding hydrogens is 873 g/mol. The van der Waals surface area contributed by atoms with Gasteiger partial charge in [-0.2, -0.15) is 6.92 Å². The Morgan fingerprint density at radius 3 is 1.25 bits per heavy atom. The quantitative estimate of drug-likeness (QED) is 0.0488. The number of carbonyl (C=O) groups is 1. The molecular formula is C56H85BrMgO6. The van der Waals surface area contributed by atoms with Gasteiger partial charge in [0.25, 0.3) is 0 Å². The molecule has 354 valence electrons. The third-order valence-electron chi connectivity index (χ3n) is 11.6. The molecule has 4 rings (SSSR count). The summed E-state index contributed by atoms with van der Waals surface area (Å²) in [5, 5.41) is 50.8. The average molecular weight is 958 g/mol. The van der Waals surface area contributed by atoms with Gasteiger partial charge in [-0.1, -0.05) is 170 Å². The molecule has 0 radical (unpaired) electrons. The third kappa shape index (κ3) is 18.5. The molecule has 0 bridgehead atoms. The summed E-state index contributed by atoms with van der Waals surface area (Å²) >= 11 is 0. The zero-order valence-electron chi connectivity index (χ0n) is 42.6. The van der Waals surface area contributed by atoms with Crippen molar-refractivity contribution in [2.75, 3.05) is 0 Å². The first-order valence-electron chi connectivity index (χ1n) is 23.2. The van der Waals surface area contributed by atoms with E-state index in [0.717, 1.165) is 52.6 Å². The number of benzene rings is 4. The van der Waals surface area contributed by atoms with Crippen molar-refractivity contribution in [2.45, 2.75) is 184 Å². The van der Waals surface area contributed by atoms with Crippen molar-refractivity contribution in [1.29, 1.82) is 0 Å². The summed E-state index contributed by atoms with van der Waals surface area (Å²) in [4.78, 5) is 11.4. The molecule has 0 spiro atoms. The molecule has 0 atom stereocenters. The van der Waals surface area contributed by atoms with E-state index >= 15 is 0 Å². The summed E-state index contributed by atoms with van der Waals surface area (Å²) in [5.74, 6) is 3.09. The summed E-state index contributed by atoms with van der Waals surface area (Å²) in [6, 6.07) is 23.1. The summed E-state index contributed by atoms with van der Waals surface area (Å²) < 4.78 is 0. The van der Waals surface area contributed by atoms with Crippen LogP contribution < -0.4 is 17.0 Å². The molecule has 4 aromatic carbocycles. The van der Waals surface area contributed by atoms with Crippen LogP contribution in [0.3, 0.4) is 0 Å². The zero-order chi connectivity index (χ0) is 47.9. The van der Waals surface area contributed by atoms with Crippen LogP contribution in [0.2, 0.25) is 0 Å². The van der Waals surface area contributed by atoms with Gasteiger partial charge >= 0.3 is 23.1 Å². The number of hydrogen-bond acceptors (Lipinski definition) is 6. The maximum absolute atomic E-state index is 11.4. The van der Waals surface area contributed by atoms with Crippen LogP contribution in [0.25, 0.3) is 5.57 Å². The molecule has 0 aliphatic rings. The minimum atomic E-state index is -0.908. The normalized spacial score (nSPS) is 11.0. The Bertz CT molecular complexity index is 1940. The summed E-state index contributed by atoms with van der Waals surface area (Å²) in [5.41, 5.74) is 7.33. The molecule has 0 heterocycles. The molecule has 0 aromatic heterocycles. The molecule has 0 saturated heterocycles. The Morgan fingerprint density at radius 2 is 0.891 bits per heavy atom. The number of halogens is 1. The van der Waals surface area contributed by atoms with E-state index in [1.165, 1.54) is 5.57 Å². The first-order chi connectivity index (χ1) is 29.3. The van der Waals surface area contributed by atoms with Crippen LogP contribution in [-0.2, 0) is 5.60 Å². The van der Waals surface area contributed by atoms with Gasteiger partial charge in [0.2, 0.25) is 0 Å². The van der Waals surface area contributed by atoms with Gasteiger partial charge < -0.3 is 49.4 Å². The number of phenols is 4. The maximum atomic E-state index is 11.4. The minimum Gasteiger partial charge on any atom is -1.00 e. The van der Waals surface area contributed by atoms with Gasteiger partial charge in [-0.15, -0.1) is 0 Å². The first-order valence-corrected chi connectivity index (χ1v) is 23.2. The van der Waals surface area contributed by atoms with Gasteiger partial charge in [-0.05, 0) is 108 Å². The molecule has 0 aliphatic carbocycles. The van der Waals surface area contributed by atoms with E-state index in [0.29, 0.717) is 59.6 Å². The molecule has 4 aromatic rings. The fraction of sp³-hybridized carbons (Fsp3) is 0.500. The standard InChI is InChI=1S/C14H22O2.C14H22O.C14H20O.C12H16O2.C2H5.BrH.Mg/c1-5-14(16,6-2)12-9-7-8-11(10(3)4)13(12)15;2*1-5-11(6-2)13-9-7-8-12(10(3)4)14(13)15;1-4-11(13)10-7-5-6-9(8(2)3)12(10)14;1-2;;/h7-10,15-16H,5-6H2,1-4H3;7-11,15H,5-6H2,1-4H3;5,7-10,15H,6H2,1-4H3;5-8,14H,4H2,1-3H3;1H2,2H3;1H;/q;;;;-1;;+2/p-1/b;;11-5+;;;;. The van der Waals surface area contributed by atoms with Gasteiger partial charge in [-0.25, -0.2) is 0 Å². The number of carbonyl (C=O) groups excluding carboxylic acids is 1. The van der Waals surface area contributed by atoms with Gasteiger partial charge in [0.15, 0.2) is 5.78 Å². The number of para-hydroxylation sites is 4. The predicted octanol–water partition coefficient (Wildman–Crippen LogP) is 12.8. The Balaban J connectivity index is -0.000000757. The van der Waals surface area contributed by atoms with E-state index in [4.69, 9.17) is 0 Å². The van der Waals surface area contributed by atoms with Gasteiger partial charge in [0.05, 0.1) is 11.2 Å². The second kappa shape index (κ2) is 33.2. The molecule has 0 aliphatic heterocycles. The zero-order valence-corrected chi connectivity index (χ0v) is 45.6. The summed E-state index contributed by atoms with van der Waals surface area (Å²) in [6.07, 6.45) is 6.84. The minimum absolute atomic E-state index is 0.